The van der Waals surface area contributed by atoms with Gasteiger partial charge in [0.1, 0.15) is 0 Å². The maximum absolute atomic E-state index is 12.5. The zero-order chi connectivity index (χ0) is 20.3. The molecule has 0 bridgehead atoms. The molecule has 2 aromatic carbocycles. The van der Waals surface area contributed by atoms with Crippen LogP contribution in [-0.4, -0.2) is 26.4 Å². The van der Waals surface area contributed by atoms with Crippen LogP contribution in [0.1, 0.15) is 44.4 Å². The average Bonchev–Trinajstić information content (AvgIpc) is 3.04. The third kappa shape index (κ3) is 4.79. The van der Waals surface area contributed by atoms with E-state index in [2.05, 4.69) is 27.5 Å². The van der Waals surface area contributed by atoms with Gasteiger partial charge in [0.2, 0.25) is 15.9 Å². The molecule has 0 unspecified atom stereocenters. The summed E-state index contributed by atoms with van der Waals surface area (Å²) in [5.74, 6) is -0.153. The quantitative estimate of drug-likeness (QED) is 0.666. The van der Waals surface area contributed by atoms with Crippen molar-refractivity contribution in [1.82, 2.24) is 10.0 Å². The number of aryl methyl sites for hydroxylation is 1. The van der Waals surface area contributed by atoms with Crippen LogP contribution in [0.15, 0.2) is 53.4 Å². The fraction of sp³-hybridized carbons (Fsp3) is 0.381. The van der Waals surface area contributed by atoms with Crippen LogP contribution in [0.4, 0.5) is 5.69 Å². The first kappa shape index (κ1) is 20.5. The number of amides is 1. The van der Waals surface area contributed by atoms with E-state index in [0.29, 0.717) is 5.69 Å². The number of hydrogen-bond acceptors (Lipinski definition) is 4. The monoisotopic (exact) mass is 401 g/mol. The highest BCUT2D eigenvalue weighted by molar-refractivity contribution is 7.89. The lowest BCUT2D eigenvalue weighted by Crippen LogP contribution is -2.39. The van der Waals surface area contributed by atoms with Crippen LogP contribution < -0.4 is 15.4 Å². The molecule has 1 amide bonds. The molecule has 0 saturated carbocycles. The van der Waals surface area contributed by atoms with E-state index in [-0.39, 0.29) is 28.9 Å². The van der Waals surface area contributed by atoms with Crippen molar-refractivity contribution in [2.24, 2.45) is 0 Å². The summed E-state index contributed by atoms with van der Waals surface area (Å²) in [6.45, 7) is 5.37. The molecule has 2 aromatic rings. The summed E-state index contributed by atoms with van der Waals surface area (Å²) >= 11 is 0. The predicted octanol–water partition coefficient (Wildman–Crippen LogP) is 2.98. The number of carbonyl (C=O) groups is 1. The van der Waals surface area contributed by atoms with Crippen molar-refractivity contribution < 1.29 is 13.2 Å². The standard InChI is InChI=1S/C21H27N3O3S/c1-14(2)24-28(26,27)18-11-9-17(10-12-18)23-21(25)15(3)22-20-13-8-16-6-4-5-7-19(16)20/h4-7,9-12,14-15,20,22,24H,8,13H2,1-3H3,(H,23,25)/t15-,20+/m1/s1. The Hall–Kier alpha value is -2.22. The van der Waals surface area contributed by atoms with Gasteiger partial charge in [-0.05, 0) is 69.0 Å². The zero-order valence-corrected chi connectivity index (χ0v) is 17.2. The summed E-state index contributed by atoms with van der Waals surface area (Å²) in [4.78, 5) is 12.7. The van der Waals surface area contributed by atoms with E-state index < -0.39 is 10.0 Å². The largest absolute Gasteiger partial charge is 0.325 e. The third-order valence-electron chi connectivity index (χ3n) is 4.80. The lowest BCUT2D eigenvalue weighted by atomic mass is 10.1. The number of benzene rings is 2. The Morgan fingerprint density at radius 2 is 1.71 bits per heavy atom. The van der Waals surface area contributed by atoms with Crippen molar-refractivity contribution >= 4 is 21.6 Å². The fourth-order valence-electron chi connectivity index (χ4n) is 3.45. The highest BCUT2D eigenvalue weighted by atomic mass is 32.2. The van der Waals surface area contributed by atoms with E-state index in [1.807, 2.05) is 19.1 Å². The van der Waals surface area contributed by atoms with Crippen LogP contribution in [0.5, 0.6) is 0 Å². The molecule has 0 aliphatic heterocycles. The number of nitrogens with one attached hydrogen (secondary N) is 3. The van der Waals surface area contributed by atoms with E-state index in [1.165, 1.54) is 23.3 Å². The molecular weight excluding hydrogens is 374 g/mol. The van der Waals surface area contributed by atoms with E-state index in [9.17, 15) is 13.2 Å². The maximum Gasteiger partial charge on any atom is 0.241 e. The highest BCUT2D eigenvalue weighted by Crippen LogP contribution is 2.31. The highest BCUT2D eigenvalue weighted by Gasteiger charge is 2.25. The second kappa shape index (κ2) is 8.43. The number of carbonyl (C=O) groups excluding carboxylic acids is 1. The molecule has 0 saturated heterocycles. The Kier molecular flexibility index (Phi) is 6.17. The van der Waals surface area contributed by atoms with Crippen LogP contribution in [0.25, 0.3) is 0 Å². The van der Waals surface area contributed by atoms with Crippen molar-refractivity contribution in [3.05, 3.63) is 59.7 Å². The van der Waals surface area contributed by atoms with E-state index >= 15 is 0 Å². The Morgan fingerprint density at radius 3 is 2.39 bits per heavy atom. The topological polar surface area (TPSA) is 87.3 Å². The van der Waals surface area contributed by atoms with Crippen LogP contribution in [0.2, 0.25) is 0 Å². The molecule has 6 nitrogen and oxygen atoms in total. The first-order chi connectivity index (χ1) is 13.3. The van der Waals surface area contributed by atoms with Crippen molar-refractivity contribution in [1.29, 1.82) is 0 Å². The van der Waals surface area contributed by atoms with Gasteiger partial charge in [-0.3, -0.25) is 10.1 Å². The van der Waals surface area contributed by atoms with Gasteiger partial charge in [-0.1, -0.05) is 24.3 Å². The lowest BCUT2D eigenvalue weighted by Gasteiger charge is -2.20. The van der Waals surface area contributed by atoms with Gasteiger partial charge in [0.05, 0.1) is 10.9 Å². The molecule has 0 aromatic heterocycles. The smallest absolute Gasteiger partial charge is 0.241 e. The van der Waals surface area contributed by atoms with Crippen LogP contribution >= 0.6 is 0 Å². The normalized spacial score (nSPS) is 17.4. The molecule has 1 aliphatic rings. The summed E-state index contributed by atoms with van der Waals surface area (Å²) < 4.78 is 26.9. The second-order valence-corrected chi connectivity index (χ2v) is 9.18. The van der Waals surface area contributed by atoms with Gasteiger partial charge < -0.3 is 5.32 Å². The SMILES string of the molecule is CC(C)NS(=O)(=O)c1ccc(NC(=O)[C@@H](C)N[C@H]2CCc3ccccc32)cc1. The molecule has 7 heteroatoms. The minimum atomic E-state index is -3.54. The molecule has 150 valence electrons. The number of fused-ring (bicyclic) bond motifs is 1. The Labute approximate surface area is 166 Å². The van der Waals surface area contributed by atoms with E-state index in [4.69, 9.17) is 0 Å². The Balaban J connectivity index is 1.60. The molecule has 28 heavy (non-hydrogen) atoms. The minimum Gasteiger partial charge on any atom is -0.325 e. The van der Waals surface area contributed by atoms with Gasteiger partial charge in [0.15, 0.2) is 0 Å². The summed E-state index contributed by atoms with van der Waals surface area (Å²) in [6, 6.07) is 14.1. The van der Waals surface area contributed by atoms with Gasteiger partial charge in [0, 0.05) is 17.8 Å². The third-order valence-corrected chi connectivity index (χ3v) is 6.47. The summed E-state index contributed by atoms with van der Waals surface area (Å²) in [6.07, 6.45) is 1.99. The van der Waals surface area contributed by atoms with Gasteiger partial charge in [0.25, 0.3) is 0 Å². The molecular formula is C21H27N3O3S. The summed E-state index contributed by atoms with van der Waals surface area (Å²) in [5, 5.41) is 6.24. The van der Waals surface area contributed by atoms with Gasteiger partial charge in [-0.15, -0.1) is 0 Å². The predicted molar refractivity (Wildman–Crippen MR) is 111 cm³/mol. The molecule has 0 fully saturated rings. The number of anilines is 1. The van der Waals surface area contributed by atoms with Crippen molar-refractivity contribution in [2.45, 2.75) is 56.6 Å². The number of sulfonamides is 1. The summed E-state index contributed by atoms with van der Waals surface area (Å²) in [5.41, 5.74) is 3.16. The first-order valence-corrected chi connectivity index (χ1v) is 11.0. The van der Waals surface area contributed by atoms with E-state index in [0.717, 1.165) is 12.8 Å². The Morgan fingerprint density at radius 1 is 1.04 bits per heavy atom. The Bertz CT molecular complexity index is 940. The van der Waals surface area contributed by atoms with Crippen molar-refractivity contribution in [3.63, 3.8) is 0 Å². The molecule has 0 radical (unpaired) electrons. The second-order valence-electron chi connectivity index (χ2n) is 7.47. The fourth-order valence-corrected chi connectivity index (χ4v) is 4.71. The van der Waals surface area contributed by atoms with Gasteiger partial charge in [-0.2, -0.15) is 0 Å². The first-order valence-electron chi connectivity index (χ1n) is 9.53. The molecule has 1 aliphatic carbocycles. The zero-order valence-electron chi connectivity index (χ0n) is 16.4. The molecule has 0 heterocycles. The van der Waals surface area contributed by atoms with Gasteiger partial charge >= 0.3 is 0 Å². The van der Waals surface area contributed by atoms with Crippen LogP contribution in [-0.2, 0) is 21.2 Å². The molecule has 3 N–H and O–H groups in total. The van der Waals surface area contributed by atoms with E-state index in [1.54, 1.807) is 26.0 Å². The van der Waals surface area contributed by atoms with Crippen molar-refractivity contribution in [2.75, 3.05) is 5.32 Å². The van der Waals surface area contributed by atoms with Crippen LogP contribution in [0.3, 0.4) is 0 Å². The maximum atomic E-state index is 12.5. The van der Waals surface area contributed by atoms with Gasteiger partial charge in [-0.25, -0.2) is 13.1 Å². The molecule has 3 rings (SSSR count). The van der Waals surface area contributed by atoms with Crippen molar-refractivity contribution in [3.8, 4) is 0 Å². The number of hydrogen-bond donors (Lipinski definition) is 3. The molecule has 0 spiro atoms. The number of rotatable bonds is 7. The van der Waals surface area contributed by atoms with Crippen LogP contribution in [0, 0.1) is 0 Å². The average molecular weight is 402 g/mol. The lowest BCUT2D eigenvalue weighted by molar-refractivity contribution is -0.118. The molecule has 2 atom stereocenters. The summed E-state index contributed by atoms with van der Waals surface area (Å²) in [7, 11) is -3.54. The minimum absolute atomic E-state index is 0.153.